The molecule has 1 aliphatic rings. The summed E-state index contributed by atoms with van der Waals surface area (Å²) < 4.78 is 7.63. The van der Waals surface area contributed by atoms with Crippen molar-refractivity contribution < 1.29 is 14.9 Å². The van der Waals surface area contributed by atoms with Crippen molar-refractivity contribution in [1.29, 1.82) is 5.26 Å². The molecule has 0 unspecified atom stereocenters. The Bertz CT molecular complexity index is 922. The average Bonchev–Trinajstić information content (AvgIpc) is 3.02. The Morgan fingerprint density at radius 1 is 1.50 bits per heavy atom. The van der Waals surface area contributed by atoms with Crippen LogP contribution in [0.15, 0.2) is 9.59 Å². The van der Waals surface area contributed by atoms with Gasteiger partial charge in [0.1, 0.15) is 6.10 Å². The van der Waals surface area contributed by atoms with Crippen molar-refractivity contribution in [3.63, 3.8) is 0 Å². The molecule has 0 aromatic carbocycles. The van der Waals surface area contributed by atoms with E-state index in [4.69, 9.17) is 15.7 Å². The second kappa shape index (κ2) is 6.08. The molecule has 0 saturated carbocycles. The van der Waals surface area contributed by atoms with Crippen molar-refractivity contribution >= 4 is 17.1 Å². The smallest absolute Gasteiger partial charge is 0.332 e. The largest absolute Gasteiger partial charge is 0.394 e. The number of nitriles is 1. The van der Waals surface area contributed by atoms with Gasteiger partial charge in [0.25, 0.3) is 5.56 Å². The summed E-state index contributed by atoms with van der Waals surface area (Å²) in [6.45, 7) is -0.328. The van der Waals surface area contributed by atoms with Crippen LogP contribution in [0.4, 0.5) is 5.95 Å². The number of aromatic amines is 1. The van der Waals surface area contributed by atoms with Crippen molar-refractivity contribution in [3.8, 4) is 6.07 Å². The molecule has 1 saturated heterocycles. The summed E-state index contributed by atoms with van der Waals surface area (Å²) in [5.41, 5.74) is 4.19. The van der Waals surface area contributed by atoms with Crippen LogP contribution < -0.4 is 17.0 Å². The van der Waals surface area contributed by atoms with Gasteiger partial charge in [-0.05, 0) is 0 Å². The first-order chi connectivity index (χ1) is 11.5. The summed E-state index contributed by atoms with van der Waals surface area (Å²) in [5.74, 6) is -0.190. The molecule has 3 heterocycles. The maximum Gasteiger partial charge on any atom is 0.332 e. The number of nitrogens with two attached hydrogens (primary N) is 1. The first-order valence-corrected chi connectivity index (χ1v) is 7.29. The Hall–Kier alpha value is -2.68. The molecule has 1 fully saturated rings. The predicted molar refractivity (Wildman–Crippen MR) is 80.9 cm³/mol. The molecule has 3 rings (SSSR count). The van der Waals surface area contributed by atoms with Crippen LogP contribution in [0.25, 0.3) is 11.2 Å². The number of nitrogen functional groups attached to an aromatic ring is 1. The lowest BCUT2D eigenvalue weighted by Gasteiger charge is -2.15. The fraction of sp³-hybridized carbons (Fsp3) is 0.538. The Morgan fingerprint density at radius 3 is 2.88 bits per heavy atom. The minimum absolute atomic E-state index is 0.0101. The summed E-state index contributed by atoms with van der Waals surface area (Å²) in [7, 11) is 0. The molecule has 0 amide bonds. The van der Waals surface area contributed by atoms with Gasteiger partial charge in [0.05, 0.1) is 25.2 Å². The maximum absolute atomic E-state index is 12.7. The quantitative estimate of drug-likeness (QED) is 0.497. The fourth-order valence-corrected chi connectivity index (χ4v) is 2.88. The highest BCUT2D eigenvalue weighted by Gasteiger charge is 2.38. The van der Waals surface area contributed by atoms with E-state index < -0.39 is 29.7 Å². The highest BCUT2D eigenvalue weighted by atomic mass is 16.5. The van der Waals surface area contributed by atoms with Crippen LogP contribution in [0.3, 0.4) is 0 Å². The standard InChI is InChI=1S/C13H16N6O5/c14-2-1-3-18-8-9(16-12(15)17-10(8)22)19(13(18)23)11-7(21)4-6(5-20)24-11/h6-7,11,20-21H,1,3-5H2,(H3,15,16,17,22)/t6-,7+,11+/m0/s1. The first kappa shape index (κ1) is 16.2. The molecular formula is C13H16N6O5. The molecule has 5 N–H and O–H groups in total. The Balaban J connectivity index is 2.25. The minimum atomic E-state index is -1.10. The molecule has 24 heavy (non-hydrogen) atoms. The van der Waals surface area contributed by atoms with Gasteiger partial charge in [0.15, 0.2) is 17.4 Å². The van der Waals surface area contributed by atoms with Gasteiger partial charge in [0.2, 0.25) is 5.95 Å². The van der Waals surface area contributed by atoms with Crippen LogP contribution in [0.5, 0.6) is 0 Å². The lowest BCUT2D eigenvalue weighted by Crippen LogP contribution is -2.32. The fourth-order valence-electron chi connectivity index (χ4n) is 2.88. The van der Waals surface area contributed by atoms with Crippen LogP contribution in [0.2, 0.25) is 0 Å². The van der Waals surface area contributed by atoms with E-state index in [1.807, 2.05) is 6.07 Å². The van der Waals surface area contributed by atoms with Gasteiger partial charge in [-0.25, -0.2) is 9.36 Å². The highest BCUT2D eigenvalue weighted by Crippen LogP contribution is 2.29. The molecule has 0 spiro atoms. The number of nitrogens with zero attached hydrogens (tertiary/aromatic N) is 4. The molecule has 2 aromatic rings. The van der Waals surface area contributed by atoms with Gasteiger partial charge in [-0.3, -0.25) is 14.3 Å². The molecule has 0 aliphatic carbocycles. The Labute approximate surface area is 134 Å². The van der Waals surface area contributed by atoms with Crippen LogP contribution in [-0.2, 0) is 11.3 Å². The predicted octanol–water partition coefficient (Wildman–Crippen LogP) is -1.98. The molecule has 11 nitrogen and oxygen atoms in total. The summed E-state index contributed by atoms with van der Waals surface area (Å²) in [4.78, 5) is 31.2. The number of aliphatic hydroxyl groups is 2. The number of imidazole rings is 1. The number of nitrogens with one attached hydrogen (secondary N) is 1. The van der Waals surface area contributed by atoms with Gasteiger partial charge in [0, 0.05) is 13.0 Å². The SMILES string of the molecule is N#CCCn1c(=O)n([C@@H]2O[C@H](CO)C[C@H]2O)c2nc(N)[nH]c(=O)c21. The Morgan fingerprint density at radius 2 is 2.25 bits per heavy atom. The highest BCUT2D eigenvalue weighted by molar-refractivity contribution is 5.71. The zero-order chi connectivity index (χ0) is 17.4. The van der Waals surface area contributed by atoms with Gasteiger partial charge < -0.3 is 20.7 Å². The van der Waals surface area contributed by atoms with E-state index in [2.05, 4.69) is 9.97 Å². The number of hydrogen-bond donors (Lipinski definition) is 4. The van der Waals surface area contributed by atoms with Gasteiger partial charge in [-0.15, -0.1) is 0 Å². The molecule has 128 valence electrons. The van der Waals surface area contributed by atoms with Gasteiger partial charge >= 0.3 is 5.69 Å². The third-order valence-electron chi connectivity index (χ3n) is 3.90. The van der Waals surface area contributed by atoms with Crippen molar-refractivity contribution in [2.75, 3.05) is 12.3 Å². The third-order valence-corrected chi connectivity index (χ3v) is 3.90. The third kappa shape index (κ3) is 2.46. The van der Waals surface area contributed by atoms with Crippen LogP contribution in [-0.4, -0.2) is 48.1 Å². The Kier molecular flexibility index (Phi) is 4.10. The molecular weight excluding hydrogens is 320 g/mol. The van der Waals surface area contributed by atoms with E-state index in [0.717, 1.165) is 9.13 Å². The summed E-state index contributed by atoms with van der Waals surface area (Å²) in [6.07, 6.45) is -2.65. The first-order valence-electron chi connectivity index (χ1n) is 7.29. The number of fused-ring (bicyclic) bond motifs is 1. The van der Waals surface area contributed by atoms with Crippen LogP contribution >= 0.6 is 0 Å². The molecule has 11 heteroatoms. The van der Waals surface area contributed by atoms with Crippen molar-refractivity contribution in [1.82, 2.24) is 19.1 Å². The number of aryl methyl sites for hydroxylation is 1. The normalized spacial score (nSPS) is 23.6. The monoisotopic (exact) mass is 336 g/mol. The number of ether oxygens (including phenoxy) is 1. The number of aliphatic hydroxyl groups excluding tert-OH is 2. The second-order valence-electron chi connectivity index (χ2n) is 5.47. The maximum atomic E-state index is 12.7. The van der Waals surface area contributed by atoms with Crippen LogP contribution in [0, 0.1) is 11.3 Å². The van der Waals surface area contributed by atoms with Gasteiger partial charge in [-0.2, -0.15) is 10.2 Å². The van der Waals surface area contributed by atoms with E-state index in [0.29, 0.717) is 0 Å². The van der Waals surface area contributed by atoms with E-state index in [-0.39, 0.29) is 43.1 Å². The lowest BCUT2D eigenvalue weighted by atomic mass is 10.2. The van der Waals surface area contributed by atoms with Gasteiger partial charge in [-0.1, -0.05) is 0 Å². The summed E-state index contributed by atoms with van der Waals surface area (Å²) in [6, 6.07) is 1.90. The van der Waals surface area contributed by atoms with E-state index in [1.165, 1.54) is 0 Å². The van der Waals surface area contributed by atoms with Crippen molar-refractivity contribution in [2.45, 2.75) is 37.8 Å². The molecule has 0 bridgehead atoms. The molecule has 0 radical (unpaired) electrons. The number of hydrogen-bond acceptors (Lipinski definition) is 8. The average molecular weight is 336 g/mol. The summed E-state index contributed by atoms with van der Waals surface area (Å²) >= 11 is 0. The topological polar surface area (TPSA) is 172 Å². The molecule has 3 atom stereocenters. The second-order valence-corrected chi connectivity index (χ2v) is 5.47. The van der Waals surface area contributed by atoms with E-state index >= 15 is 0 Å². The van der Waals surface area contributed by atoms with Crippen LogP contribution in [0.1, 0.15) is 19.1 Å². The molecule has 2 aromatic heterocycles. The zero-order valence-electron chi connectivity index (χ0n) is 12.5. The molecule has 1 aliphatic heterocycles. The number of anilines is 1. The lowest BCUT2D eigenvalue weighted by molar-refractivity contribution is -0.0505. The van der Waals surface area contributed by atoms with E-state index in [1.54, 1.807) is 0 Å². The number of rotatable bonds is 4. The van der Waals surface area contributed by atoms with E-state index in [9.17, 15) is 19.8 Å². The van der Waals surface area contributed by atoms with Crippen molar-refractivity contribution in [2.24, 2.45) is 0 Å². The summed E-state index contributed by atoms with van der Waals surface area (Å²) in [5, 5.41) is 28.1. The minimum Gasteiger partial charge on any atom is -0.394 e. The zero-order valence-corrected chi connectivity index (χ0v) is 12.5. The number of H-pyrrole nitrogens is 1. The van der Waals surface area contributed by atoms with Crippen molar-refractivity contribution in [3.05, 3.63) is 20.8 Å². The number of aromatic nitrogens is 4.